The molecule has 2 amide bonds. The minimum Gasteiger partial charge on any atom is -0.385 e. The summed E-state index contributed by atoms with van der Waals surface area (Å²) in [5, 5.41) is 7.84. The maximum Gasteiger partial charge on any atom is 0.227 e. The summed E-state index contributed by atoms with van der Waals surface area (Å²) in [7, 11) is 1.74. The fraction of sp³-hybridized carbons (Fsp3) is 0.667. The summed E-state index contributed by atoms with van der Waals surface area (Å²) in [5.74, 6) is 0.669. The first-order valence-electron chi connectivity index (χ1n) is 14.5. The Bertz CT molecular complexity index is 1060. The van der Waals surface area contributed by atoms with Gasteiger partial charge in [0.25, 0.3) is 0 Å². The van der Waals surface area contributed by atoms with Crippen molar-refractivity contribution in [2.24, 2.45) is 17.8 Å². The van der Waals surface area contributed by atoms with Gasteiger partial charge in [-0.25, -0.2) is 0 Å². The number of aryl methyl sites for hydroxylation is 1. The predicted octanol–water partition coefficient (Wildman–Crippen LogP) is 4.09. The molecule has 1 aliphatic heterocycles. The van der Waals surface area contributed by atoms with Crippen LogP contribution in [0.4, 0.5) is 0 Å². The Balaban J connectivity index is 1.23. The van der Waals surface area contributed by atoms with Gasteiger partial charge < -0.3 is 24.8 Å². The average molecular weight is 509 g/mol. The van der Waals surface area contributed by atoms with Crippen LogP contribution in [0.15, 0.2) is 30.5 Å². The summed E-state index contributed by atoms with van der Waals surface area (Å²) in [6, 6.07) is 8.81. The van der Waals surface area contributed by atoms with Gasteiger partial charge in [0, 0.05) is 69.6 Å². The number of amides is 2. The van der Waals surface area contributed by atoms with E-state index in [9.17, 15) is 9.59 Å². The molecule has 3 fully saturated rings. The summed E-state index contributed by atoms with van der Waals surface area (Å²) < 4.78 is 7.56. The molecule has 1 saturated heterocycles. The van der Waals surface area contributed by atoms with Gasteiger partial charge in [-0.1, -0.05) is 37.5 Å². The number of hydrogen-bond acceptors (Lipinski definition) is 4. The molecule has 5 rings (SSSR count). The van der Waals surface area contributed by atoms with Gasteiger partial charge in [0.2, 0.25) is 11.8 Å². The van der Waals surface area contributed by atoms with Crippen molar-refractivity contribution in [1.29, 1.82) is 0 Å². The van der Waals surface area contributed by atoms with Gasteiger partial charge >= 0.3 is 0 Å². The molecule has 2 aliphatic carbocycles. The minimum absolute atomic E-state index is 0.118. The highest BCUT2D eigenvalue weighted by Crippen LogP contribution is 2.33. The Morgan fingerprint density at radius 1 is 1.08 bits per heavy atom. The molecular weight excluding hydrogens is 464 g/mol. The molecule has 2 saturated carbocycles. The number of para-hydroxylation sites is 1. The lowest BCUT2D eigenvalue weighted by Gasteiger charge is -2.33. The summed E-state index contributed by atoms with van der Waals surface area (Å²) in [6.45, 7) is 4.38. The van der Waals surface area contributed by atoms with E-state index in [0.717, 1.165) is 39.0 Å². The molecule has 2 aromatic rings. The third-order valence-electron chi connectivity index (χ3n) is 8.59. The van der Waals surface area contributed by atoms with Crippen LogP contribution in [0.5, 0.6) is 0 Å². The fourth-order valence-corrected chi connectivity index (χ4v) is 6.31. The highest BCUT2D eigenvalue weighted by atomic mass is 16.5. The van der Waals surface area contributed by atoms with E-state index in [2.05, 4.69) is 50.6 Å². The van der Waals surface area contributed by atoms with Gasteiger partial charge in [0.1, 0.15) is 0 Å². The van der Waals surface area contributed by atoms with Crippen molar-refractivity contribution in [3.63, 3.8) is 0 Å². The van der Waals surface area contributed by atoms with E-state index in [-0.39, 0.29) is 23.7 Å². The first-order chi connectivity index (χ1) is 18.1. The number of carbonyl (C=O) groups is 2. The number of piperidine rings is 1. The summed E-state index contributed by atoms with van der Waals surface area (Å²) in [4.78, 5) is 28.9. The van der Waals surface area contributed by atoms with E-state index >= 15 is 0 Å². The zero-order chi connectivity index (χ0) is 25.6. The number of nitrogens with one attached hydrogen (secondary N) is 2. The summed E-state index contributed by atoms with van der Waals surface area (Å²) in [6.07, 6.45) is 12.3. The Morgan fingerprint density at radius 2 is 1.86 bits per heavy atom. The molecule has 1 aromatic heterocycles. The van der Waals surface area contributed by atoms with Crippen molar-refractivity contribution in [3.05, 3.63) is 36.0 Å². The molecule has 2 heterocycles. The molecule has 7 heteroatoms. The van der Waals surface area contributed by atoms with Crippen LogP contribution in [-0.4, -0.2) is 60.7 Å². The number of methoxy groups -OCH3 is 1. The van der Waals surface area contributed by atoms with Crippen molar-refractivity contribution in [3.8, 4) is 0 Å². The minimum atomic E-state index is -0.144. The Kier molecular flexibility index (Phi) is 8.82. The van der Waals surface area contributed by atoms with Crippen LogP contribution in [0, 0.1) is 17.8 Å². The molecule has 0 bridgehead atoms. The topological polar surface area (TPSA) is 75.6 Å². The van der Waals surface area contributed by atoms with Crippen LogP contribution in [0.2, 0.25) is 0 Å². The number of fused-ring (bicyclic) bond motifs is 1. The normalized spacial score (nSPS) is 22.7. The fourth-order valence-electron chi connectivity index (χ4n) is 6.31. The molecule has 37 heavy (non-hydrogen) atoms. The van der Waals surface area contributed by atoms with E-state index < -0.39 is 0 Å². The second kappa shape index (κ2) is 12.4. The zero-order valence-electron chi connectivity index (χ0n) is 22.4. The number of ether oxygens (including phenoxy) is 1. The maximum atomic E-state index is 13.8. The molecule has 3 aliphatic rings. The highest BCUT2D eigenvalue weighted by Gasteiger charge is 2.39. The van der Waals surface area contributed by atoms with E-state index in [0.29, 0.717) is 38.0 Å². The first-order valence-corrected chi connectivity index (χ1v) is 14.5. The molecular formula is C30H44N4O3. The molecule has 202 valence electrons. The Labute approximate surface area is 221 Å². The largest absolute Gasteiger partial charge is 0.385 e. The lowest BCUT2D eigenvalue weighted by Crippen LogP contribution is -2.50. The standard InChI is InChI=1S/C30H44N4O3/c1-37-15-7-14-33-20-25(27-10-5-6-11-28(27)33)21-34(26-12-13-26)30(36)24-16-23(18-31-19-24)29(35)32-17-22-8-3-2-4-9-22/h5-6,10-11,20,22-24,26,31H,2-4,7-9,12-19,21H2,1H3,(H,32,35)/t23-,24+/m0/s1. The number of nitrogens with zero attached hydrogens (tertiary/aromatic N) is 2. The van der Waals surface area contributed by atoms with Gasteiger partial charge in [0.05, 0.1) is 11.8 Å². The number of carbonyl (C=O) groups excluding carboxylic acids is 2. The lowest BCUT2D eigenvalue weighted by molar-refractivity contribution is -0.138. The van der Waals surface area contributed by atoms with Crippen molar-refractivity contribution in [2.75, 3.05) is 33.4 Å². The monoisotopic (exact) mass is 508 g/mol. The van der Waals surface area contributed by atoms with E-state index in [4.69, 9.17) is 4.74 Å². The molecule has 0 unspecified atom stereocenters. The van der Waals surface area contributed by atoms with Gasteiger partial charge in [-0.15, -0.1) is 0 Å². The van der Waals surface area contributed by atoms with E-state index in [1.54, 1.807) is 7.11 Å². The predicted molar refractivity (Wildman–Crippen MR) is 146 cm³/mol. The molecule has 1 aromatic carbocycles. The summed E-state index contributed by atoms with van der Waals surface area (Å²) in [5.41, 5.74) is 2.42. The van der Waals surface area contributed by atoms with Crippen molar-refractivity contribution in [2.45, 2.75) is 76.9 Å². The van der Waals surface area contributed by atoms with E-state index in [1.807, 2.05) is 0 Å². The molecule has 7 nitrogen and oxygen atoms in total. The molecule has 0 spiro atoms. The third kappa shape index (κ3) is 6.55. The molecule has 2 N–H and O–H groups in total. The van der Waals surface area contributed by atoms with Gasteiger partial charge in [0.15, 0.2) is 0 Å². The van der Waals surface area contributed by atoms with Crippen molar-refractivity contribution < 1.29 is 14.3 Å². The maximum absolute atomic E-state index is 13.8. The van der Waals surface area contributed by atoms with Gasteiger partial charge in [-0.2, -0.15) is 0 Å². The first kappa shape index (κ1) is 26.2. The quantitative estimate of drug-likeness (QED) is 0.449. The van der Waals surface area contributed by atoms with Crippen LogP contribution in [0.3, 0.4) is 0 Å². The highest BCUT2D eigenvalue weighted by molar-refractivity contribution is 5.86. The third-order valence-corrected chi connectivity index (χ3v) is 8.59. The number of aromatic nitrogens is 1. The Morgan fingerprint density at radius 3 is 2.65 bits per heavy atom. The smallest absolute Gasteiger partial charge is 0.227 e. The molecule has 0 radical (unpaired) electrons. The van der Waals surface area contributed by atoms with Crippen LogP contribution < -0.4 is 10.6 Å². The second-order valence-corrected chi connectivity index (χ2v) is 11.4. The number of benzene rings is 1. The molecule has 2 atom stereocenters. The van der Waals surface area contributed by atoms with Crippen LogP contribution in [-0.2, 0) is 27.4 Å². The van der Waals surface area contributed by atoms with Crippen LogP contribution in [0.25, 0.3) is 10.9 Å². The average Bonchev–Trinajstić information content (AvgIpc) is 3.73. The SMILES string of the molecule is COCCCn1cc(CN(C(=O)[C@H]2CNC[C@@H](C(=O)NCC3CCCCC3)C2)C2CC2)c2ccccc21. The van der Waals surface area contributed by atoms with Gasteiger partial charge in [-0.05, 0) is 56.1 Å². The summed E-state index contributed by atoms with van der Waals surface area (Å²) >= 11 is 0. The van der Waals surface area contributed by atoms with E-state index in [1.165, 1.54) is 48.6 Å². The van der Waals surface area contributed by atoms with Crippen LogP contribution in [0.1, 0.15) is 63.4 Å². The van der Waals surface area contributed by atoms with Crippen LogP contribution >= 0.6 is 0 Å². The number of rotatable bonds is 11. The van der Waals surface area contributed by atoms with Crippen molar-refractivity contribution >= 4 is 22.7 Å². The Hall–Kier alpha value is -2.38. The zero-order valence-corrected chi connectivity index (χ0v) is 22.4. The van der Waals surface area contributed by atoms with Crippen molar-refractivity contribution in [1.82, 2.24) is 20.1 Å². The lowest BCUT2D eigenvalue weighted by atomic mass is 9.87. The number of hydrogen-bond donors (Lipinski definition) is 2. The second-order valence-electron chi connectivity index (χ2n) is 11.4. The van der Waals surface area contributed by atoms with Gasteiger partial charge in [-0.3, -0.25) is 9.59 Å².